The molecule has 5 heteroatoms. The van der Waals surface area contributed by atoms with Crippen LogP contribution in [0, 0.1) is 5.92 Å². The summed E-state index contributed by atoms with van der Waals surface area (Å²) < 4.78 is 0. The summed E-state index contributed by atoms with van der Waals surface area (Å²) in [6.45, 7) is 1.72. The minimum Gasteiger partial charge on any atom is -0.481 e. The van der Waals surface area contributed by atoms with Gasteiger partial charge in [-0.15, -0.1) is 0 Å². The molecule has 0 aliphatic carbocycles. The number of carbonyl (C=O) groups is 1. The highest BCUT2D eigenvalue weighted by atomic mass is 16.4. The van der Waals surface area contributed by atoms with Crippen LogP contribution in [0.4, 0.5) is 5.82 Å². The quantitative estimate of drug-likeness (QED) is 0.928. The van der Waals surface area contributed by atoms with Gasteiger partial charge in [0.25, 0.3) is 0 Å². The van der Waals surface area contributed by atoms with Crippen LogP contribution in [0.1, 0.15) is 19.3 Å². The van der Waals surface area contributed by atoms with E-state index in [1.54, 1.807) is 6.33 Å². The highest BCUT2D eigenvalue weighted by Gasteiger charge is 2.23. The van der Waals surface area contributed by atoms with Crippen molar-refractivity contribution >= 4 is 22.7 Å². The molecule has 2 aromatic rings. The first kappa shape index (κ1) is 12.8. The first-order chi connectivity index (χ1) is 9.74. The third kappa shape index (κ3) is 2.57. The van der Waals surface area contributed by atoms with Gasteiger partial charge in [-0.3, -0.25) is 4.79 Å². The van der Waals surface area contributed by atoms with Crippen molar-refractivity contribution in [2.24, 2.45) is 5.92 Å². The fourth-order valence-electron chi connectivity index (χ4n) is 2.84. The zero-order valence-corrected chi connectivity index (χ0v) is 11.2. The summed E-state index contributed by atoms with van der Waals surface area (Å²) >= 11 is 0. The highest BCUT2D eigenvalue weighted by Crippen LogP contribution is 2.28. The monoisotopic (exact) mass is 271 g/mol. The lowest BCUT2D eigenvalue weighted by atomic mass is 9.93. The molecular formula is C15H17N3O2. The van der Waals surface area contributed by atoms with Crippen molar-refractivity contribution in [3.63, 3.8) is 0 Å². The lowest BCUT2D eigenvalue weighted by Gasteiger charge is -2.32. The van der Waals surface area contributed by atoms with Gasteiger partial charge >= 0.3 is 5.97 Å². The molecule has 20 heavy (non-hydrogen) atoms. The van der Waals surface area contributed by atoms with E-state index in [0.29, 0.717) is 0 Å². The van der Waals surface area contributed by atoms with Crippen LogP contribution in [0.15, 0.2) is 30.6 Å². The lowest BCUT2D eigenvalue weighted by Crippen LogP contribution is -2.35. The number of fused-ring (bicyclic) bond motifs is 1. The number of nitrogens with zero attached hydrogens (tertiary/aromatic N) is 3. The van der Waals surface area contributed by atoms with Gasteiger partial charge in [0.2, 0.25) is 0 Å². The second-order valence-electron chi connectivity index (χ2n) is 5.24. The fraction of sp³-hybridized carbons (Fsp3) is 0.400. The van der Waals surface area contributed by atoms with E-state index in [2.05, 4.69) is 14.9 Å². The molecule has 1 aromatic carbocycles. The van der Waals surface area contributed by atoms with E-state index in [1.165, 1.54) is 0 Å². The van der Waals surface area contributed by atoms with Crippen molar-refractivity contribution in [2.75, 3.05) is 18.0 Å². The molecule has 1 fully saturated rings. The number of benzene rings is 1. The van der Waals surface area contributed by atoms with E-state index >= 15 is 0 Å². The molecule has 1 aliphatic heterocycles. The number of carboxylic acid groups (broad SMARTS) is 1. The first-order valence-electron chi connectivity index (χ1n) is 6.90. The van der Waals surface area contributed by atoms with Crippen LogP contribution in [0.3, 0.4) is 0 Å². The Bertz CT molecular complexity index is 616. The number of carboxylic acids is 1. The van der Waals surface area contributed by atoms with Gasteiger partial charge in [-0.25, -0.2) is 9.97 Å². The number of piperidine rings is 1. The normalized spacial score (nSPS) is 16.5. The Morgan fingerprint density at radius 2 is 2.00 bits per heavy atom. The second kappa shape index (κ2) is 5.45. The Morgan fingerprint density at radius 1 is 1.25 bits per heavy atom. The second-order valence-corrected chi connectivity index (χ2v) is 5.24. The van der Waals surface area contributed by atoms with Gasteiger partial charge in [0.15, 0.2) is 0 Å². The van der Waals surface area contributed by atoms with Crippen molar-refractivity contribution in [2.45, 2.75) is 19.3 Å². The Labute approximate surface area is 117 Å². The Morgan fingerprint density at radius 3 is 2.75 bits per heavy atom. The third-order valence-electron chi connectivity index (χ3n) is 3.90. The predicted molar refractivity (Wildman–Crippen MR) is 76.7 cm³/mol. The molecule has 0 saturated carbocycles. The molecule has 2 heterocycles. The molecule has 5 nitrogen and oxygen atoms in total. The standard InChI is InChI=1S/C15H17N3O2/c19-14(20)9-11-5-7-18(8-6-11)15-12-3-1-2-4-13(12)16-10-17-15/h1-4,10-11H,5-9H2,(H,19,20). The van der Waals surface area contributed by atoms with E-state index in [1.807, 2.05) is 24.3 Å². The van der Waals surface area contributed by atoms with Crippen LogP contribution in [-0.4, -0.2) is 34.1 Å². The van der Waals surface area contributed by atoms with Gasteiger partial charge < -0.3 is 10.0 Å². The summed E-state index contributed by atoms with van der Waals surface area (Å²) in [5.74, 6) is 0.553. The summed E-state index contributed by atoms with van der Waals surface area (Å²) in [7, 11) is 0. The molecule has 0 spiro atoms. The van der Waals surface area contributed by atoms with Gasteiger partial charge in [-0.1, -0.05) is 12.1 Å². The van der Waals surface area contributed by atoms with E-state index in [9.17, 15) is 4.79 Å². The molecule has 0 amide bonds. The molecule has 1 saturated heterocycles. The van der Waals surface area contributed by atoms with E-state index in [4.69, 9.17) is 5.11 Å². The minimum absolute atomic E-state index is 0.276. The highest BCUT2D eigenvalue weighted by molar-refractivity contribution is 5.89. The molecule has 0 radical (unpaired) electrons. The number of rotatable bonds is 3. The molecular weight excluding hydrogens is 254 g/mol. The molecule has 3 rings (SSSR count). The summed E-state index contributed by atoms with van der Waals surface area (Å²) in [6, 6.07) is 7.98. The third-order valence-corrected chi connectivity index (χ3v) is 3.90. The predicted octanol–water partition coefficient (Wildman–Crippen LogP) is 2.32. The maximum atomic E-state index is 10.8. The average molecular weight is 271 g/mol. The fourth-order valence-corrected chi connectivity index (χ4v) is 2.84. The van der Waals surface area contributed by atoms with Crippen molar-refractivity contribution in [3.8, 4) is 0 Å². The summed E-state index contributed by atoms with van der Waals surface area (Å²) in [5.41, 5.74) is 0.949. The van der Waals surface area contributed by atoms with Crippen LogP contribution in [0.2, 0.25) is 0 Å². The van der Waals surface area contributed by atoms with Crippen LogP contribution in [0.5, 0.6) is 0 Å². The molecule has 0 unspecified atom stereocenters. The van der Waals surface area contributed by atoms with Gasteiger partial charge in [0.05, 0.1) is 5.52 Å². The van der Waals surface area contributed by atoms with Gasteiger partial charge in [0, 0.05) is 24.9 Å². The van der Waals surface area contributed by atoms with Gasteiger partial charge in [0.1, 0.15) is 12.1 Å². The minimum atomic E-state index is -0.698. The number of para-hydroxylation sites is 1. The smallest absolute Gasteiger partial charge is 0.303 e. The molecule has 1 N–H and O–H groups in total. The molecule has 1 aliphatic rings. The molecule has 0 atom stereocenters. The molecule has 0 bridgehead atoms. The maximum absolute atomic E-state index is 10.8. The Balaban J connectivity index is 1.78. The van der Waals surface area contributed by atoms with E-state index < -0.39 is 5.97 Å². The van der Waals surface area contributed by atoms with Crippen molar-refractivity contribution in [1.29, 1.82) is 0 Å². The Kier molecular flexibility index (Phi) is 3.50. The maximum Gasteiger partial charge on any atom is 0.303 e. The van der Waals surface area contributed by atoms with Crippen molar-refractivity contribution in [3.05, 3.63) is 30.6 Å². The van der Waals surface area contributed by atoms with Crippen LogP contribution in [0.25, 0.3) is 10.9 Å². The van der Waals surface area contributed by atoms with E-state index in [0.717, 1.165) is 42.7 Å². The van der Waals surface area contributed by atoms with Crippen molar-refractivity contribution < 1.29 is 9.90 Å². The van der Waals surface area contributed by atoms with Gasteiger partial charge in [-0.05, 0) is 30.9 Å². The van der Waals surface area contributed by atoms with Crippen molar-refractivity contribution in [1.82, 2.24) is 9.97 Å². The number of aromatic nitrogens is 2. The number of anilines is 1. The number of hydrogen-bond donors (Lipinski definition) is 1. The summed E-state index contributed by atoms with van der Waals surface area (Å²) in [4.78, 5) is 21.7. The largest absolute Gasteiger partial charge is 0.481 e. The van der Waals surface area contributed by atoms with Gasteiger partial charge in [-0.2, -0.15) is 0 Å². The average Bonchev–Trinajstić information content (AvgIpc) is 2.47. The number of aliphatic carboxylic acids is 1. The Hall–Kier alpha value is -2.17. The van der Waals surface area contributed by atoms with Crippen LogP contribution >= 0.6 is 0 Å². The SMILES string of the molecule is O=C(O)CC1CCN(c2ncnc3ccccc23)CC1. The molecule has 1 aromatic heterocycles. The zero-order chi connectivity index (χ0) is 13.9. The number of hydrogen-bond acceptors (Lipinski definition) is 4. The zero-order valence-electron chi connectivity index (χ0n) is 11.2. The lowest BCUT2D eigenvalue weighted by molar-refractivity contribution is -0.138. The topological polar surface area (TPSA) is 66.3 Å². The molecule has 104 valence electrons. The van der Waals surface area contributed by atoms with Crippen LogP contribution < -0.4 is 4.90 Å². The summed E-state index contributed by atoms with van der Waals surface area (Å²) in [6.07, 6.45) is 3.69. The summed E-state index contributed by atoms with van der Waals surface area (Å²) in [5, 5.41) is 9.92. The van der Waals surface area contributed by atoms with E-state index in [-0.39, 0.29) is 12.3 Å². The van der Waals surface area contributed by atoms with Crippen LogP contribution in [-0.2, 0) is 4.79 Å². The first-order valence-corrected chi connectivity index (χ1v) is 6.90.